The fraction of sp³-hybridized carbons (Fsp3) is 0.296. The highest BCUT2D eigenvalue weighted by molar-refractivity contribution is 5.79. The van der Waals surface area contributed by atoms with Gasteiger partial charge in [-0.25, -0.2) is 13.9 Å². The van der Waals surface area contributed by atoms with Crippen LogP contribution in [0.4, 0.5) is 10.2 Å². The number of anilines is 1. The zero-order valence-corrected chi connectivity index (χ0v) is 19.8. The number of carboxylic acids is 1. The van der Waals surface area contributed by atoms with Crippen LogP contribution in [0.15, 0.2) is 42.5 Å². The number of nitrogens with zero attached hydrogens (tertiary/aromatic N) is 3. The smallest absolute Gasteiger partial charge is 0.307 e. The molecule has 3 heterocycles. The number of fused-ring (bicyclic) bond motifs is 2. The van der Waals surface area contributed by atoms with Crippen LogP contribution in [0.3, 0.4) is 0 Å². The highest BCUT2D eigenvalue weighted by Gasteiger charge is 2.26. The lowest BCUT2D eigenvalue weighted by atomic mass is 9.91. The Hall–Kier alpha value is -3.94. The molecule has 1 aliphatic rings. The number of rotatable bonds is 7. The highest BCUT2D eigenvalue weighted by atomic mass is 19.1. The summed E-state index contributed by atoms with van der Waals surface area (Å²) in [5, 5.41) is 17.7. The molecule has 8 heteroatoms. The van der Waals surface area contributed by atoms with Crippen molar-refractivity contribution < 1.29 is 19.0 Å². The third-order valence-corrected chi connectivity index (χ3v) is 6.49. The van der Waals surface area contributed by atoms with Gasteiger partial charge in [0.25, 0.3) is 0 Å². The van der Waals surface area contributed by atoms with E-state index in [2.05, 4.69) is 22.4 Å². The van der Waals surface area contributed by atoms with Crippen LogP contribution in [0.25, 0.3) is 16.9 Å². The number of carbonyl (C=O) groups is 1. The number of benzene rings is 2. The first-order valence-electron chi connectivity index (χ1n) is 11.8. The predicted molar refractivity (Wildman–Crippen MR) is 132 cm³/mol. The second-order valence-corrected chi connectivity index (χ2v) is 8.85. The second-order valence-electron chi connectivity index (χ2n) is 8.85. The Morgan fingerprint density at radius 1 is 1.23 bits per heavy atom. The summed E-state index contributed by atoms with van der Waals surface area (Å²) in [6, 6.07) is 13.4. The van der Waals surface area contributed by atoms with Crippen LogP contribution in [0.1, 0.15) is 34.4 Å². The van der Waals surface area contributed by atoms with E-state index >= 15 is 4.39 Å². The van der Waals surface area contributed by atoms with Crippen LogP contribution in [0, 0.1) is 19.7 Å². The summed E-state index contributed by atoms with van der Waals surface area (Å²) < 4.78 is 22.4. The van der Waals surface area contributed by atoms with Crippen molar-refractivity contribution in [3.8, 4) is 17.0 Å². The van der Waals surface area contributed by atoms with Crippen LogP contribution in [-0.2, 0) is 24.1 Å². The molecule has 0 spiro atoms. The van der Waals surface area contributed by atoms with E-state index in [0.717, 1.165) is 24.0 Å². The SMILES string of the molecule is Cc1nc2cc(NCCc3ccccc3)nn2c(-c2cc(F)c3c(c2C)CCCO3)c1CC(=O)O. The van der Waals surface area contributed by atoms with Crippen molar-refractivity contribution in [2.45, 2.75) is 39.5 Å². The molecular formula is C27H27FN4O3. The van der Waals surface area contributed by atoms with Gasteiger partial charge in [-0.1, -0.05) is 30.3 Å². The minimum Gasteiger partial charge on any atom is -0.490 e. The summed E-state index contributed by atoms with van der Waals surface area (Å²) >= 11 is 0. The van der Waals surface area contributed by atoms with Gasteiger partial charge >= 0.3 is 5.97 Å². The molecule has 0 aliphatic carbocycles. The molecule has 4 aromatic rings. The van der Waals surface area contributed by atoms with Gasteiger partial charge in [0.05, 0.1) is 18.7 Å². The minimum absolute atomic E-state index is 0.241. The van der Waals surface area contributed by atoms with Crippen molar-refractivity contribution in [1.29, 1.82) is 0 Å². The summed E-state index contributed by atoms with van der Waals surface area (Å²) in [4.78, 5) is 16.4. The Labute approximate surface area is 202 Å². The molecule has 0 amide bonds. The Bertz CT molecular complexity index is 1420. The average Bonchev–Trinajstić information content (AvgIpc) is 3.24. The van der Waals surface area contributed by atoms with Crippen molar-refractivity contribution in [2.24, 2.45) is 0 Å². The molecule has 5 rings (SSSR count). The quantitative estimate of drug-likeness (QED) is 0.402. The first-order valence-corrected chi connectivity index (χ1v) is 11.8. The predicted octanol–water partition coefficient (Wildman–Crippen LogP) is 4.76. The van der Waals surface area contributed by atoms with E-state index in [4.69, 9.17) is 9.84 Å². The molecule has 0 saturated carbocycles. The fourth-order valence-electron chi connectivity index (χ4n) is 4.76. The summed E-state index contributed by atoms with van der Waals surface area (Å²) in [6.07, 6.45) is 2.10. The zero-order valence-electron chi connectivity index (χ0n) is 19.8. The zero-order chi connectivity index (χ0) is 24.5. The largest absolute Gasteiger partial charge is 0.490 e. The number of aryl methyl sites for hydroxylation is 1. The summed E-state index contributed by atoms with van der Waals surface area (Å²) in [5.41, 5.74) is 5.74. The average molecular weight is 475 g/mol. The third kappa shape index (κ3) is 4.43. The number of aromatic nitrogens is 3. The van der Waals surface area contributed by atoms with Gasteiger partial charge in [0.1, 0.15) is 0 Å². The van der Waals surface area contributed by atoms with Crippen molar-refractivity contribution in [3.05, 3.63) is 76.2 Å². The van der Waals surface area contributed by atoms with Crippen molar-refractivity contribution in [1.82, 2.24) is 14.6 Å². The number of hydrogen-bond acceptors (Lipinski definition) is 5. The number of aliphatic carboxylic acids is 1. The normalized spacial score (nSPS) is 12.9. The third-order valence-electron chi connectivity index (χ3n) is 6.49. The van der Waals surface area contributed by atoms with E-state index in [0.29, 0.717) is 59.3 Å². The van der Waals surface area contributed by atoms with E-state index in [1.54, 1.807) is 11.4 Å². The molecule has 2 aromatic heterocycles. The van der Waals surface area contributed by atoms with Crippen molar-refractivity contribution in [2.75, 3.05) is 18.5 Å². The van der Waals surface area contributed by atoms with Gasteiger partial charge < -0.3 is 15.2 Å². The van der Waals surface area contributed by atoms with Crippen LogP contribution >= 0.6 is 0 Å². The van der Waals surface area contributed by atoms with Gasteiger partial charge in [0.2, 0.25) is 0 Å². The molecule has 0 saturated heterocycles. The standard InChI is InChI=1S/C27H27FN4O3/c1-16-19-9-6-12-35-27(19)22(28)13-20(16)26-21(14-25(33)34)17(2)30-24-15-23(31-32(24)26)29-11-10-18-7-4-3-5-8-18/h3-5,7-8,13,15H,6,9-12,14H2,1-2H3,(H,29,31)(H,33,34). The van der Waals surface area contributed by atoms with Gasteiger partial charge in [-0.15, -0.1) is 5.10 Å². The van der Waals surface area contributed by atoms with Crippen LogP contribution in [-0.4, -0.2) is 38.8 Å². The summed E-state index contributed by atoms with van der Waals surface area (Å²) in [5.74, 6) is -0.509. The molecule has 1 aliphatic heterocycles. The van der Waals surface area contributed by atoms with Crippen LogP contribution < -0.4 is 10.1 Å². The van der Waals surface area contributed by atoms with E-state index in [-0.39, 0.29) is 6.42 Å². The molecule has 0 bridgehead atoms. The van der Waals surface area contributed by atoms with E-state index in [9.17, 15) is 9.90 Å². The molecule has 0 atom stereocenters. The molecule has 0 unspecified atom stereocenters. The van der Waals surface area contributed by atoms with E-state index in [1.807, 2.05) is 31.2 Å². The van der Waals surface area contributed by atoms with Crippen LogP contribution in [0.2, 0.25) is 0 Å². The molecule has 2 aromatic carbocycles. The molecule has 35 heavy (non-hydrogen) atoms. The monoisotopic (exact) mass is 474 g/mol. The Morgan fingerprint density at radius 3 is 2.80 bits per heavy atom. The minimum atomic E-state index is -0.983. The van der Waals surface area contributed by atoms with Gasteiger partial charge in [-0.2, -0.15) is 0 Å². The number of hydrogen-bond donors (Lipinski definition) is 2. The maximum atomic E-state index is 15.1. The van der Waals surface area contributed by atoms with Crippen molar-refractivity contribution >= 4 is 17.4 Å². The lowest BCUT2D eigenvalue weighted by Crippen LogP contribution is -2.14. The summed E-state index contributed by atoms with van der Waals surface area (Å²) in [6.45, 7) is 4.87. The van der Waals surface area contributed by atoms with Gasteiger partial charge in [-0.3, -0.25) is 4.79 Å². The molecule has 180 valence electrons. The fourth-order valence-corrected chi connectivity index (χ4v) is 4.76. The van der Waals surface area contributed by atoms with Gasteiger partial charge in [-0.05, 0) is 50.3 Å². The maximum absolute atomic E-state index is 15.1. The number of ether oxygens (including phenoxy) is 1. The number of nitrogens with one attached hydrogen (secondary N) is 1. The molecule has 7 nitrogen and oxygen atoms in total. The Kier molecular flexibility index (Phi) is 6.11. The number of halogens is 1. The molecule has 0 fully saturated rings. The molecular weight excluding hydrogens is 447 g/mol. The lowest BCUT2D eigenvalue weighted by molar-refractivity contribution is -0.136. The topological polar surface area (TPSA) is 88.8 Å². The van der Waals surface area contributed by atoms with E-state index in [1.165, 1.54) is 11.6 Å². The first kappa shape index (κ1) is 22.8. The van der Waals surface area contributed by atoms with E-state index < -0.39 is 11.8 Å². The lowest BCUT2D eigenvalue weighted by Gasteiger charge is -2.23. The van der Waals surface area contributed by atoms with Gasteiger partial charge in [0, 0.05) is 35.0 Å². The maximum Gasteiger partial charge on any atom is 0.307 e. The molecule has 0 radical (unpaired) electrons. The van der Waals surface area contributed by atoms with Gasteiger partial charge in [0.15, 0.2) is 23.0 Å². The van der Waals surface area contributed by atoms with Crippen LogP contribution in [0.5, 0.6) is 5.75 Å². The second kappa shape index (κ2) is 9.37. The Morgan fingerprint density at radius 2 is 2.03 bits per heavy atom. The summed E-state index contributed by atoms with van der Waals surface area (Å²) in [7, 11) is 0. The highest BCUT2D eigenvalue weighted by Crippen LogP contribution is 2.39. The van der Waals surface area contributed by atoms with Crippen molar-refractivity contribution in [3.63, 3.8) is 0 Å². The first-order chi connectivity index (χ1) is 16.9. The molecule has 2 N–H and O–H groups in total. The number of carboxylic acid groups (broad SMARTS) is 1. The Balaban J connectivity index is 1.61.